The van der Waals surface area contributed by atoms with Gasteiger partial charge in [-0.1, -0.05) is 29.8 Å². The van der Waals surface area contributed by atoms with Gasteiger partial charge in [-0.15, -0.1) is 0 Å². The van der Waals surface area contributed by atoms with Crippen LogP contribution in [0.5, 0.6) is 11.5 Å². The van der Waals surface area contributed by atoms with Gasteiger partial charge < -0.3 is 19.5 Å². The number of halogens is 1. The summed E-state index contributed by atoms with van der Waals surface area (Å²) < 4.78 is 15.6. The molecule has 2 rings (SSSR count). The van der Waals surface area contributed by atoms with Crippen LogP contribution in [0.4, 0.5) is 0 Å². The molecule has 1 amide bonds. The van der Waals surface area contributed by atoms with Crippen LogP contribution in [0.3, 0.4) is 0 Å². The van der Waals surface area contributed by atoms with E-state index in [1.165, 1.54) is 0 Å². The van der Waals surface area contributed by atoms with E-state index >= 15 is 0 Å². The van der Waals surface area contributed by atoms with Gasteiger partial charge in [0.1, 0.15) is 31.3 Å². The number of amides is 1. The Morgan fingerprint density at radius 1 is 0.880 bits per heavy atom. The van der Waals surface area contributed by atoms with Gasteiger partial charge in [0.15, 0.2) is 6.61 Å². The van der Waals surface area contributed by atoms with Crippen molar-refractivity contribution in [1.29, 1.82) is 0 Å². The number of hydrogen-bond donors (Lipinski definition) is 1. The van der Waals surface area contributed by atoms with Crippen molar-refractivity contribution in [2.45, 2.75) is 0 Å². The normalized spacial score (nSPS) is 9.96. The SMILES string of the molecule is O=C(COc1ccccc1)NCC(=O)OCCOc1ccc(Cl)cc1. The molecule has 2 aromatic carbocycles. The van der Waals surface area contributed by atoms with E-state index in [1.54, 1.807) is 48.5 Å². The lowest BCUT2D eigenvalue weighted by Crippen LogP contribution is -2.34. The van der Waals surface area contributed by atoms with Crippen LogP contribution < -0.4 is 14.8 Å². The van der Waals surface area contributed by atoms with E-state index < -0.39 is 11.9 Å². The summed E-state index contributed by atoms with van der Waals surface area (Å²) in [5.74, 6) is 0.261. The molecule has 0 aromatic heterocycles. The molecule has 2 aromatic rings. The number of esters is 1. The monoisotopic (exact) mass is 363 g/mol. The van der Waals surface area contributed by atoms with Crippen molar-refractivity contribution in [3.63, 3.8) is 0 Å². The first-order valence-corrected chi connectivity index (χ1v) is 8.00. The van der Waals surface area contributed by atoms with E-state index in [1.807, 2.05) is 6.07 Å². The van der Waals surface area contributed by atoms with E-state index in [0.717, 1.165) is 0 Å². The van der Waals surface area contributed by atoms with Crippen LogP contribution in [0.15, 0.2) is 54.6 Å². The molecule has 0 aliphatic carbocycles. The van der Waals surface area contributed by atoms with E-state index in [2.05, 4.69) is 5.32 Å². The molecule has 0 saturated heterocycles. The highest BCUT2D eigenvalue weighted by molar-refractivity contribution is 6.30. The Kier molecular flexibility index (Phi) is 7.59. The molecule has 0 fully saturated rings. The molecular weight excluding hydrogens is 346 g/mol. The topological polar surface area (TPSA) is 73.9 Å². The quantitative estimate of drug-likeness (QED) is 0.547. The Hall–Kier alpha value is -2.73. The summed E-state index contributed by atoms with van der Waals surface area (Å²) in [6.45, 7) is -0.106. The van der Waals surface area contributed by atoms with Crippen molar-refractivity contribution >= 4 is 23.5 Å². The van der Waals surface area contributed by atoms with E-state index in [-0.39, 0.29) is 26.4 Å². The zero-order chi connectivity index (χ0) is 17.9. The number of rotatable bonds is 9. The van der Waals surface area contributed by atoms with Crippen molar-refractivity contribution < 1.29 is 23.8 Å². The predicted octanol–water partition coefficient (Wildman–Crippen LogP) is 2.46. The highest BCUT2D eigenvalue weighted by Crippen LogP contribution is 2.15. The number of ether oxygens (including phenoxy) is 3. The summed E-state index contributed by atoms with van der Waals surface area (Å²) in [5, 5.41) is 3.04. The molecule has 132 valence electrons. The fraction of sp³-hybridized carbons (Fsp3) is 0.222. The Balaban J connectivity index is 1.54. The zero-order valence-electron chi connectivity index (χ0n) is 13.4. The summed E-state index contributed by atoms with van der Waals surface area (Å²) in [5.41, 5.74) is 0. The molecule has 0 saturated carbocycles. The third-order valence-corrected chi connectivity index (χ3v) is 3.22. The Morgan fingerprint density at radius 3 is 2.28 bits per heavy atom. The maximum Gasteiger partial charge on any atom is 0.325 e. The van der Waals surface area contributed by atoms with E-state index in [4.69, 9.17) is 25.8 Å². The molecule has 0 atom stereocenters. The van der Waals surface area contributed by atoms with Gasteiger partial charge in [-0.3, -0.25) is 9.59 Å². The maximum atomic E-state index is 11.6. The second kappa shape index (κ2) is 10.2. The molecule has 0 aliphatic rings. The van der Waals surface area contributed by atoms with Crippen molar-refractivity contribution in [3.05, 3.63) is 59.6 Å². The average Bonchev–Trinajstić information content (AvgIpc) is 2.64. The van der Waals surface area contributed by atoms with Gasteiger partial charge in [0, 0.05) is 5.02 Å². The molecular formula is C18H18ClNO5. The number of nitrogens with one attached hydrogen (secondary N) is 1. The number of benzene rings is 2. The lowest BCUT2D eigenvalue weighted by atomic mass is 10.3. The molecule has 0 heterocycles. The number of carbonyl (C=O) groups is 2. The molecule has 6 nitrogen and oxygen atoms in total. The molecule has 0 spiro atoms. The molecule has 7 heteroatoms. The van der Waals surface area contributed by atoms with Crippen LogP contribution in [-0.2, 0) is 14.3 Å². The third-order valence-electron chi connectivity index (χ3n) is 2.97. The molecule has 0 bridgehead atoms. The summed E-state index contributed by atoms with van der Waals surface area (Å²) in [4.78, 5) is 23.1. The van der Waals surface area contributed by atoms with Gasteiger partial charge in [-0.05, 0) is 36.4 Å². The largest absolute Gasteiger partial charge is 0.490 e. The smallest absolute Gasteiger partial charge is 0.325 e. The van der Waals surface area contributed by atoms with Crippen LogP contribution in [0.25, 0.3) is 0 Å². The van der Waals surface area contributed by atoms with Gasteiger partial charge in [-0.25, -0.2) is 0 Å². The lowest BCUT2D eigenvalue weighted by Gasteiger charge is -2.09. The summed E-state index contributed by atoms with van der Waals surface area (Å²) >= 11 is 5.76. The van der Waals surface area contributed by atoms with Crippen LogP contribution in [0.1, 0.15) is 0 Å². The summed E-state index contributed by atoms with van der Waals surface area (Å²) in [7, 11) is 0. The highest BCUT2D eigenvalue weighted by atomic mass is 35.5. The molecule has 0 aliphatic heterocycles. The molecule has 25 heavy (non-hydrogen) atoms. The van der Waals surface area contributed by atoms with Gasteiger partial charge in [0.25, 0.3) is 5.91 Å². The fourth-order valence-corrected chi connectivity index (χ4v) is 1.91. The number of carbonyl (C=O) groups excluding carboxylic acids is 2. The number of para-hydroxylation sites is 1. The van der Waals surface area contributed by atoms with Gasteiger partial charge >= 0.3 is 5.97 Å². The van der Waals surface area contributed by atoms with Gasteiger partial charge in [0.2, 0.25) is 0 Å². The summed E-state index contributed by atoms with van der Waals surface area (Å²) in [6, 6.07) is 15.8. The van der Waals surface area contributed by atoms with Gasteiger partial charge in [-0.2, -0.15) is 0 Å². The summed E-state index contributed by atoms with van der Waals surface area (Å²) in [6.07, 6.45) is 0. The van der Waals surface area contributed by atoms with Crippen LogP contribution in [0.2, 0.25) is 5.02 Å². The minimum Gasteiger partial charge on any atom is -0.490 e. The van der Waals surface area contributed by atoms with Crippen molar-refractivity contribution in [1.82, 2.24) is 5.32 Å². The van der Waals surface area contributed by atoms with Crippen molar-refractivity contribution in [2.75, 3.05) is 26.4 Å². The fourth-order valence-electron chi connectivity index (χ4n) is 1.78. The minimum absolute atomic E-state index is 0.0812. The molecule has 0 radical (unpaired) electrons. The Labute approximate surface area is 150 Å². The van der Waals surface area contributed by atoms with E-state index in [0.29, 0.717) is 16.5 Å². The number of hydrogen-bond acceptors (Lipinski definition) is 5. The molecule has 1 N–H and O–H groups in total. The first kappa shape index (κ1) is 18.6. The van der Waals surface area contributed by atoms with E-state index in [9.17, 15) is 9.59 Å². The highest BCUT2D eigenvalue weighted by Gasteiger charge is 2.07. The van der Waals surface area contributed by atoms with Crippen molar-refractivity contribution in [2.24, 2.45) is 0 Å². The second-order valence-corrected chi connectivity index (χ2v) is 5.34. The third kappa shape index (κ3) is 7.58. The van der Waals surface area contributed by atoms with Gasteiger partial charge in [0.05, 0.1) is 0 Å². The van der Waals surface area contributed by atoms with Crippen LogP contribution in [-0.4, -0.2) is 38.2 Å². The van der Waals surface area contributed by atoms with Crippen LogP contribution >= 0.6 is 11.6 Å². The van der Waals surface area contributed by atoms with Crippen molar-refractivity contribution in [3.8, 4) is 11.5 Å². The second-order valence-electron chi connectivity index (χ2n) is 4.90. The van der Waals surface area contributed by atoms with Crippen LogP contribution in [0, 0.1) is 0 Å². The average molecular weight is 364 g/mol. The molecule has 0 unspecified atom stereocenters. The first-order chi connectivity index (χ1) is 12.1. The Morgan fingerprint density at radius 2 is 1.56 bits per heavy atom. The maximum absolute atomic E-state index is 11.6. The zero-order valence-corrected chi connectivity index (χ0v) is 14.2. The lowest BCUT2D eigenvalue weighted by molar-refractivity contribution is -0.144. The first-order valence-electron chi connectivity index (χ1n) is 7.62. The standard InChI is InChI=1S/C18H18ClNO5/c19-14-6-8-16(9-7-14)23-10-11-24-18(22)12-20-17(21)13-25-15-4-2-1-3-5-15/h1-9H,10-13H2,(H,20,21). The minimum atomic E-state index is -0.548. The predicted molar refractivity (Wildman–Crippen MR) is 92.9 cm³/mol. The Bertz CT molecular complexity index is 676.